The van der Waals surface area contributed by atoms with Crippen molar-refractivity contribution in [1.29, 1.82) is 0 Å². The van der Waals surface area contributed by atoms with Crippen molar-refractivity contribution in [2.45, 2.75) is 44.7 Å². The highest BCUT2D eigenvalue weighted by Crippen LogP contribution is 2.32. The Balaban J connectivity index is 0.000000183. The van der Waals surface area contributed by atoms with Crippen molar-refractivity contribution in [2.24, 2.45) is 0 Å². The van der Waals surface area contributed by atoms with E-state index >= 15 is 0 Å². The van der Waals surface area contributed by atoms with E-state index in [-0.39, 0.29) is 54.1 Å². The van der Waals surface area contributed by atoms with Gasteiger partial charge in [0.05, 0.1) is 13.2 Å². The van der Waals surface area contributed by atoms with Gasteiger partial charge in [0, 0.05) is 49.2 Å². The molecule has 1 saturated heterocycles. The summed E-state index contributed by atoms with van der Waals surface area (Å²) in [5.74, 6) is 0.620. The second-order valence-corrected chi connectivity index (χ2v) is 12.0. The summed E-state index contributed by atoms with van der Waals surface area (Å²) >= 11 is 0. The molecule has 7 rings (SSSR count). The highest BCUT2D eigenvalue weighted by atomic mass is 16.7. The third-order valence-corrected chi connectivity index (χ3v) is 7.56. The number of amides is 2. The van der Waals surface area contributed by atoms with Crippen LogP contribution in [0.25, 0.3) is 22.6 Å². The van der Waals surface area contributed by atoms with Gasteiger partial charge in [-0.2, -0.15) is 0 Å². The Morgan fingerprint density at radius 1 is 0.792 bits per heavy atom. The monoisotopic (exact) mass is 728 g/mol. The molecule has 0 unspecified atom stereocenters. The lowest BCUT2D eigenvalue weighted by Crippen LogP contribution is -2.26. The molecule has 1 fully saturated rings. The zero-order valence-electron chi connectivity index (χ0n) is 28.7. The van der Waals surface area contributed by atoms with Crippen LogP contribution in [0.2, 0.25) is 0 Å². The second-order valence-electron chi connectivity index (χ2n) is 12.0. The van der Waals surface area contributed by atoms with E-state index < -0.39 is 18.5 Å². The van der Waals surface area contributed by atoms with E-state index in [4.69, 9.17) is 32.5 Å². The van der Waals surface area contributed by atoms with Gasteiger partial charge >= 0.3 is 0 Å². The first-order chi connectivity index (χ1) is 25.7. The molecule has 0 bridgehead atoms. The molecule has 0 radical (unpaired) electrons. The van der Waals surface area contributed by atoms with Gasteiger partial charge in [-0.3, -0.25) is 9.59 Å². The molecule has 2 amide bonds. The number of hydrogen-bond donors (Lipinski definition) is 4. The molecule has 276 valence electrons. The van der Waals surface area contributed by atoms with Crippen molar-refractivity contribution in [3.05, 3.63) is 108 Å². The van der Waals surface area contributed by atoms with E-state index in [1.807, 2.05) is 74.5 Å². The number of benzene rings is 2. The number of nitrogens with zero attached hydrogens (tertiary/aromatic N) is 6. The van der Waals surface area contributed by atoms with Gasteiger partial charge in [-0.05, 0) is 13.8 Å². The van der Waals surface area contributed by atoms with Crippen molar-refractivity contribution in [2.75, 3.05) is 26.3 Å². The fraction of sp³-hybridized carbons (Fsp3) is 0.314. The van der Waals surface area contributed by atoms with E-state index in [0.29, 0.717) is 42.9 Å². The number of nitrogens with one attached hydrogen (secondary N) is 2. The molecular weight excluding hydrogens is 692 g/mol. The molecular formula is C35H36N8O10. The molecule has 4 aromatic heterocycles. The fourth-order valence-corrected chi connectivity index (χ4v) is 4.88. The lowest BCUT2D eigenvalue weighted by Gasteiger charge is -2.15. The largest absolute Gasteiger partial charge is 0.422 e. The first-order valence-corrected chi connectivity index (χ1v) is 16.5. The number of aliphatic hydroxyl groups is 2. The predicted octanol–water partition coefficient (Wildman–Crippen LogP) is 3.24. The number of rotatable bonds is 13. The smallest absolute Gasteiger partial charge is 0.273 e. The van der Waals surface area contributed by atoms with Crippen LogP contribution < -0.4 is 10.6 Å². The average molecular weight is 729 g/mol. The molecule has 5 heterocycles. The quantitative estimate of drug-likeness (QED) is 0.133. The molecule has 6 aromatic rings. The Kier molecular flexibility index (Phi) is 11.7. The number of aromatic nitrogens is 6. The van der Waals surface area contributed by atoms with Crippen LogP contribution >= 0.6 is 0 Å². The molecule has 18 heteroatoms. The summed E-state index contributed by atoms with van der Waals surface area (Å²) in [6.45, 7) is 4.07. The maximum atomic E-state index is 12.2. The minimum atomic E-state index is -1.21. The molecule has 53 heavy (non-hydrogen) atoms. The zero-order chi connectivity index (χ0) is 37.2. The molecule has 4 N–H and O–H groups in total. The summed E-state index contributed by atoms with van der Waals surface area (Å²) in [6, 6.07) is 22.0. The van der Waals surface area contributed by atoms with Gasteiger partial charge < -0.3 is 48.2 Å². The second kappa shape index (κ2) is 17.0. The lowest BCUT2D eigenvalue weighted by atomic mass is 10.1. The van der Waals surface area contributed by atoms with Crippen LogP contribution in [0.5, 0.6) is 0 Å². The third-order valence-electron chi connectivity index (χ3n) is 7.56. The Morgan fingerprint density at radius 2 is 1.32 bits per heavy atom. The molecule has 2 aromatic carbocycles. The van der Waals surface area contributed by atoms with Gasteiger partial charge in [0.15, 0.2) is 40.9 Å². The van der Waals surface area contributed by atoms with Crippen LogP contribution in [0.1, 0.15) is 70.6 Å². The topological polar surface area (TPSA) is 247 Å². The Hall–Kier alpha value is -6.08. The van der Waals surface area contributed by atoms with Crippen LogP contribution in [-0.4, -0.2) is 84.8 Å². The molecule has 1 aliphatic rings. The van der Waals surface area contributed by atoms with Gasteiger partial charge in [-0.1, -0.05) is 71.0 Å². The van der Waals surface area contributed by atoms with E-state index in [9.17, 15) is 14.7 Å². The molecule has 0 saturated carbocycles. The SMILES string of the molecule is CC1(C)OC[C@H](c2nnc(CCNC(=O)c3cc(-c4ccccc4)on3)o2)O1.O=C(NCCc1nnc([C@H](O)CO)o1)c1cc(-c2ccccc2)on1. The highest BCUT2D eigenvalue weighted by Gasteiger charge is 2.36. The molecule has 1 aliphatic heterocycles. The molecule has 0 aliphatic carbocycles. The highest BCUT2D eigenvalue weighted by molar-refractivity contribution is 5.93. The van der Waals surface area contributed by atoms with Crippen LogP contribution in [0.3, 0.4) is 0 Å². The summed E-state index contributed by atoms with van der Waals surface area (Å²) in [5, 5.41) is 46.5. The Labute approximate surface area is 301 Å². The van der Waals surface area contributed by atoms with E-state index in [1.165, 1.54) is 0 Å². The van der Waals surface area contributed by atoms with Gasteiger partial charge in [-0.15, -0.1) is 20.4 Å². The number of aliphatic hydroxyl groups excluding tert-OH is 2. The van der Waals surface area contributed by atoms with Crippen molar-refractivity contribution >= 4 is 11.8 Å². The number of carbonyl (C=O) groups is 2. The minimum Gasteiger partial charge on any atom is -0.422 e. The predicted molar refractivity (Wildman–Crippen MR) is 180 cm³/mol. The first kappa shape index (κ1) is 36.7. The summed E-state index contributed by atoms with van der Waals surface area (Å²) in [6.07, 6.45) is -0.917. The number of ether oxygens (including phenoxy) is 2. The van der Waals surface area contributed by atoms with Crippen molar-refractivity contribution in [3.63, 3.8) is 0 Å². The van der Waals surface area contributed by atoms with Gasteiger partial charge in [0.25, 0.3) is 11.8 Å². The van der Waals surface area contributed by atoms with Crippen molar-refractivity contribution in [3.8, 4) is 22.6 Å². The summed E-state index contributed by atoms with van der Waals surface area (Å²) < 4.78 is 32.3. The number of hydrogen-bond acceptors (Lipinski definition) is 16. The van der Waals surface area contributed by atoms with Gasteiger partial charge in [-0.25, -0.2) is 0 Å². The zero-order valence-corrected chi connectivity index (χ0v) is 28.7. The molecule has 18 nitrogen and oxygen atoms in total. The standard InChI is InChI=1S/C19H20N4O5.C16H16N4O5/c1-19(2)25-11-15(27-19)18-22-21-16(26-18)8-9-20-17(24)13-10-14(28-23-13)12-6-4-3-5-7-12;21-9-12(22)16-19-18-14(24-16)6-7-17-15(23)11-8-13(25-20-11)10-4-2-1-3-5-10/h3-7,10,15H,8-9,11H2,1-2H3,(H,20,24);1-5,8,12,21-22H,6-7,9H2,(H,17,23)/t15-;12-/m11/s1. The molecule has 2 atom stereocenters. The maximum Gasteiger partial charge on any atom is 0.273 e. The third kappa shape index (κ3) is 9.83. The average Bonchev–Trinajstić information content (AvgIpc) is 4.03. The van der Waals surface area contributed by atoms with Crippen LogP contribution in [0.15, 0.2) is 90.7 Å². The van der Waals surface area contributed by atoms with Gasteiger partial charge in [0.1, 0.15) is 0 Å². The fourth-order valence-electron chi connectivity index (χ4n) is 4.88. The Bertz CT molecular complexity index is 2080. The summed E-state index contributed by atoms with van der Waals surface area (Å²) in [7, 11) is 0. The number of carbonyl (C=O) groups excluding carboxylic acids is 2. The maximum absolute atomic E-state index is 12.2. The van der Waals surface area contributed by atoms with E-state index in [2.05, 4.69) is 41.3 Å². The van der Waals surface area contributed by atoms with Crippen molar-refractivity contribution in [1.82, 2.24) is 41.3 Å². The minimum absolute atomic E-state index is 0.0622. The first-order valence-electron chi connectivity index (χ1n) is 16.5. The van der Waals surface area contributed by atoms with Crippen LogP contribution in [0, 0.1) is 0 Å². The van der Waals surface area contributed by atoms with Gasteiger partial charge in [0.2, 0.25) is 23.6 Å². The van der Waals surface area contributed by atoms with Crippen LogP contribution in [0.4, 0.5) is 0 Å². The van der Waals surface area contributed by atoms with Crippen LogP contribution in [-0.2, 0) is 22.3 Å². The molecule has 0 spiro atoms. The summed E-state index contributed by atoms with van der Waals surface area (Å²) in [4.78, 5) is 24.3. The summed E-state index contributed by atoms with van der Waals surface area (Å²) in [5.41, 5.74) is 2.06. The Morgan fingerprint density at radius 3 is 1.83 bits per heavy atom. The van der Waals surface area contributed by atoms with E-state index in [0.717, 1.165) is 11.1 Å². The van der Waals surface area contributed by atoms with E-state index in [1.54, 1.807) is 12.1 Å². The normalized spacial score (nSPS) is 15.4. The van der Waals surface area contributed by atoms with Crippen molar-refractivity contribution < 1.29 is 47.2 Å². The lowest BCUT2D eigenvalue weighted by molar-refractivity contribution is -0.141.